The van der Waals surface area contributed by atoms with Gasteiger partial charge in [-0.1, -0.05) is 26.0 Å². The molecule has 184 valence electrons. The smallest absolute Gasteiger partial charge is 0.229 e. The molecule has 0 aliphatic rings. The van der Waals surface area contributed by atoms with Crippen molar-refractivity contribution in [2.75, 3.05) is 42.0 Å². The van der Waals surface area contributed by atoms with Crippen molar-refractivity contribution < 1.29 is 23.7 Å². The molecule has 2 rings (SSSR count). The minimum atomic E-state index is -0.957. The van der Waals surface area contributed by atoms with E-state index in [0.29, 0.717) is 29.5 Å². The fourth-order valence-corrected chi connectivity index (χ4v) is 4.20. The Bertz CT molecular complexity index is 1030. The van der Waals surface area contributed by atoms with Gasteiger partial charge in [-0.25, -0.2) is 0 Å². The molecule has 0 N–H and O–H groups in total. The topological polar surface area (TPSA) is 81.0 Å². The van der Waals surface area contributed by atoms with E-state index in [2.05, 4.69) is 6.07 Å². The SMILES string of the molecule is CCN(C)C(=O)C(CC(C#N)(c1ccc(OC)c(OC)c1)C(C)C)c1ccc(OC)c(OC)c1. The quantitative estimate of drug-likeness (QED) is 0.472. The van der Waals surface area contributed by atoms with Crippen LogP contribution in [0.2, 0.25) is 0 Å². The van der Waals surface area contributed by atoms with Gasteiger partial charge in [-0.3, -0.25) is 4.79 Å². The molecule has 7 nitrogen and oxygen atoms in total. The first-order valence-electron chi connectivity index (χ1n) is 11.3. The monoisotopic (exact) mass is 468 g/mol. The summed E-state index contributed by atoms with van der Waals surface area (Å²) in [5, 5.41) is 10.6. The van der Waals surface area contributed by atoms with Gasteiger partial charge in [0.05, 0.1) is 45.8 Å². The molecule has 2 unspecified atom stereocenters. The lowest BCUT2D eigenvalue weighted by Gasteiger charge is -2.36. The summed E-state index contributed by atoms with van der Waals surface area (Å²) >= 11 is 0. The fraction of sp³-hybridized carbons (Fsp3) is 0.481. The van der Waals surface area contributed by atoms with Crippen molar-refractivity contribution in [3.63, 3.8) is 0 Å². The molecule has 1 amide bonds. The molecule has 0 fully saturated rings. The zero-order valence-electron chi connectivity index (χ0n) is 21.5. The number of carbonyl (C=O) groups is 1. The van der Waals surface area contributed by atoms with Crippen molar-refractivity contribution >= 4 is 5.91 Å². The Morgan fingerprint density at radius 3 is 1.94 bits per heavy atom. The molecule has 2 atom stereocenters. The Kier molecular flexibility index (Phi) is 9.19. The summed E-state index contributed by atoms with van der Waals surface area (Å²) in [6.07, 6.45) is 0.287. The highest BCUT2D eigenvalue weighted by Crippen LogP contribution is 2.45. The standard InChI is InChI=1S/C27H36N2O5/c1-9-29(4)26(30)21(19-10-12-22(31-5)24(14-19)33-7)16-27(17-28,18(2)3)20-11-13-23(32-6)25(15-20)34-8/h10-15,18,21H,9,16H2,1-8H3. The normalized spacial score (nSPS) is 13.4. The molecular formula is C27H36N2O5. The van der Waals surface area contributed by atoms with Crippen molar-refractivity contribution in [3.05, 3.63) is 47.5 Å². The van der Waals surface area contributed by atoms with Gasteiger partial charge in [-0.15, -0.1) is 0 Å². The predicted molar refractivity (Wildman–Crippen MR) is 132 cm³/mol. The summed E-state index contributed by atoms with van der Waals surface area (Å²) in [7, 11) is 8.05. The van der Waals surface area contributed by atoms with Crippen LogP contribution in [0.15, 0.2) is 36.4 Å². The molecule has 2 aromatic rings. The second kappa shape index (κ2) is 11.6. The molecule has 0 aromatic heterocycles. The fourth-order valence-electron chi connectivity index (χ4n) is 4.20. The van der Waals surface area contributed by atoms with Crippen LogP contribution in [0.4, 0.5) is 0 Å². The lowest BCUT2D eigenvalue weighted by molar-refractivity contribution is -0.131. The number of hydrogen-bond acceptors (Lipinski definition) is 6. The van der Waals surface area contributed by atoms with E-state index in [-0.39, 0.29) is 18.2 Å². The second-order valence-electron chi connectivity index (χ2n) is 8.53. The third-order valence-corrected chi connectivity index (χ3v) is 6.57. The average molecular weight is 469 g/mol. The predicted octanol–water partition coefficient (Wildman–Crippen LogP) is 4.79. The molecule has 0 saturated heterocycles. The lowest BCUT2D eigenvalue weighted by Crippen LogP contribution is -2.39. The molecule has 0 spiro atoms. The maximum atomic E-state index is 13.6. The van der Waals surface area contributed by atoms with Crippen molar-refractivity contribution in [1.29, 1.82) is 5.26 Å². The average Bonchev–Trinajstić information content (AvgIpc) is 2.87. The third-order valence-electron chi connectivity index (χ3n) is 6.57. The number of hydrogen-bond donors (Lipinski definition) is 0. The van der Waals surface area contributed by atoms with E-state index in [0.717, 1.165) is 11.1 Å². The molecule has 0 radical (unpaired) electrons. The molecule has 0 aliphatic heterocycles. The zero-order chi connectivity index (χ0) is 25.5. The van der Waals surface area contributed by atoms with Gasteiger partial charge in [0.1, 0.15) is 0 Å². The molecule has 34 heavy (non-hydrogen) atoms. The minimum absolute atomic E-state index is 0.0597. The lowest BCUT2D eigenvalue weighted by atomic mass is 9.66. The van der Waals surface area contributed by atoms with Gasteiger partial charge >= 0.3 is 0 Å². The molecular weight excluding hydrogens is 432 g/mol. The van der Waals surface area contributed by atoms with E-state index in [1.165, 1.54) is 0 Å². The van der Waals surface area contributed by atoms with Gasteiger partial charge in [-0.05, 0) is 54.7 Å². The Balaban J connectivity index is 2.70. The summed E-state index contributed by atoms with van der Waals surface area (Å²) < 4.78 is 21.8. The zero-order valence-corrected chi connectivity index (χ0v) is 21.5. The van der Waals surface area contributed by atoms with Gasteiger partial charge in [-0.2, -0.15) is 5.26 Å². The number of ether oxygens (including phenoxy) is 4. The largest absolute Gasteiger partial charge is 0.493 e. The van der Waals surface area contributed by atoms with Crippen molar-refractivity contribution in [2.24, 2.45) is 5.92 Å². The van der Waals surface area contributed by atoms with E-state index in [1.54, 1.807) is 52.5 Å². The third kappa shape index (κ3) is 5.22. The second-order valence-corrected chi connectivity index (χ2v) is 8.53. The van der Waals surface area contributed by atoms with Crippen LogP contribution in [-0.2, 0) is 10.2 Å². The molecule has 0 saturated carbocycles. The van der Waals surface area contributed by atoms with Crippen LogP contribution >= 0.6 is 0 Å². The first kappa shape index (κ1) is 26.8. The molecule has 0 bridgehead atoms. The number of rotatable bonds is 11. The van der Waals surface area contributed by atoms with E-state index < -0.39 is 11.3 Å². The Hall–Kier alpha value is -3.40. The van der Waals surface area contributed by atoms with Gasteiger partial charge in [0, 0.05) is 13.6 Å². The van der Waals surface area contributed by atoms with Gasteiger partial charge < -0.3 is 23.8 Å². The number of benzene rings is 2. The minimum Gasteiger partial charge on any atom is -0.493 e. The number of likely N-dealkylation sites (N-methyl/N-ethyl adjacent to an activating group) is 1. The summed E-state index contributed by atoms with van der Waals surface area (Å²) in [6.45, 7) is 6.48. The first-order valence-corrected chi connectivity index (χ1v) is 11.3. The van der Waals surface area contributed by atoms with Crippen molar-refractivity contribution in [1.82, 2.24) is 4.90 Å². The number of nitriles is 1. The number of amides is 1. The Morgan fingerprint density at radius 2 is 1.47 bits per heavy atom. The van der Waals surface area contributed by atoms with Crippen molar-refractivity contribution in [3.8, 4) is 29.1 Å². The number of nitrogens with zero attached hydrogens (tertiary/aromatic N) is 2. The highest BCUT2D eigenvalue weighted by molar-refractivity contribution is 5.84. The first-order chi connectivity index (χ1) is 16.2. The maximum absolute atomic E-state index is 13.6. The van der Waals surface area contributed by atoms with E-state index in [9.17, 15) is 10.1 Å². The molecule has 0 aliphatic carbocycles. The van der Waals surface area contributed by atoms with Crippen LogP contribution < -0.4 is 18.9 Å². The van der Waals surface area contributed by atoms with E-state index in [1.807, 2.05) is 45.0 Å². The van der Waals surface area contributed by atoms with Gasteiger partial charge in [0.25, 0.3) is 0 Å². The van der Waals surface area contributed by atoms with Crippen LogP contribution in [0.25, 0.3) is 0 Å². The molecule has 0 heterocycles. The Morgan fingerprint density at radius 1 is 0.941 bits per heavy atom. The van der Waals surface area contributed by atoms with Crippen LogP contribution in [-0.4, -0.2) is 52.8 Å². The van der Waals surface area contributed by atoms with Crippen molar-refractivity contribution in [2.45, 2.75) is 38.5 Å². The number of methoxy groups -OCH3 is 4. The summed E-state index contributed by atoms with van der Waals surface area (Å²) in [5.41, 5.74) is 0.588. The summed E-state index contributed by atoms with van der Waals surface area (Å²) in [4.78, 5) is 15.3. The van der Waals surface area contributed by atoms with Crippen LogP contribution in [0.1, 0.15) is 44.2 Å². The Labute approximate surface area is 203 Å². The number of carbonyl (C=O) groups excluding carboxylic acids is 1. The highest BCUT2D eigenvalue weighted by Gasteiger charge is 2.42. The van der Waals surface area contributed by atoms with Gasteiger partial charge in [0.2, 0.25) is 5.91 Å². The maximum Gasteiger partial charge on any atom is 0.229 e. The highest BCUT2D eigenvalue weighted by atomic mass is 16.5. The van der Waals surface area contributed by atoms with Gasteiger partial charge in [0.15, 0.2) is 23.0 Å². The van der Waals surface area contributed by atoms with Crippen LogP contribution in [0.3, 0.4) is 0 Å². The van der Waals surface area contributed by atoms with Crippen LogP contribution in [0, 0.1) is 17.2 Å². The van der Waals surface area contributed by atoms with E-state index >= 15 is 0 Å². The van der Waals surface area contributed by atoms with E-state index in [4.69, 9.17) is 18.9 Å². The summed E-state index contributed by atoms with van der Waals surface area (Å²) in [6, 6.07) is 13.6. The molecule has 2 aromatic carbocycles. The van der Waals surface area contributed by atoms with Crippen LogP contribution in [0.5, 0.6) is 23.0 Å². The molecule has 7 heteroatoms. The summed E-state index contributed by atoms with van der Waals surface area (Å²) in [5.74, 6) is 1.53.